The van der Waals surface area contributed by atoms with Gasteiger partial charge in [-0.2, -0.15) is 8.42 Å². The molecule has 7 heteroatoms. The van der Waals surface area contributed by atoms with E-state index in [1.54, 1.807) is 6.07 Å². The van der Waals surface area contributed by atoms with Crippen LogP contribution in [0.4, 0.5) is 8.78 Å². The van der Waals surface area contributed by atoms with Crippen molar-refractivity contribution in [1.82, 2.24) is 0 Å². The number of benzene rings is 2. The molecule has 0 spiro atoms. The topological polar surface area (TPSA) is 74.6 Å². The van der Waals surface area contributed by atoms with E-state index in [1.165, 1.54) is 25.1 Å². The molecule has 0 aliphatic carbocycles. The van der Waals surface area contributed by atoms with E-state index in [2.05, 4.69) is 0 Å². The van der Waals surface area contributed by atoms with E-state index in [0.29, 0.717) is 0 Å². The zero-order valence-corrected chi connectivity index (χ0v) is 11.8. The number of phenols is 1. The minimum absolute atomic E-state index is 0.0130. The molecule has 0 aliphatic rings. The maximum atomic E-state index is 13.6. The predicted octanol–water partition coefficient (Wildman–Crippen LogP) is 2.82. The van der Waals surface area contributed by atoms with Crippen LogP contribution < -0.4 is 0 Å². The number of aromatic hydroxyl groups is 1. The molecule has 0 aliphatic heterocycles. The molecule has 0 saturated heterocycles. The van der Waals surface area contributed by atoms with Crippen LogP contribution in [0.5, 0.6) is 5.75 Å². The lowest BCUT2D eigenvalue weighted by Gasteiger charge is -2.11. The Morgan fingerprint density at radius 2 is 1.76 bits per heavy atom. The van der Waals surface area contributed by atoms with Gasteiger partial charge in [0.2, 0.25) is 0 Å². The summed E-state index contributed by atoms with van der Waals surface area (Å²) < 4.78 is 58.8. The summed E-state index contributed by atoms with van der Waals surface area (Å²) in [6.07, 6.45) is -0.101. The zero-order valence-electron chi connectivity index (χ0n) is 11.0. The highest BCUT2D eigenvalue weighted by molar-refractivity contribution is 7.85. The maximum absolute atomic E-state index is 13.6. The van der Waals surface area contributed by atoms with Gasteiger partial charge in [-0.3, -0.25) is 4.55 Å². The Kier molecular flexibility index (Phi) is 3.97. The van der Waals surface area contributed by atoms with Crippen LogP contribution in [0.3, 0.4) is 0 Å². The standard InChI is InChI=1S/C14H12F2O4S/c1-8-10(7-11(15)14(17)13(8)16)6-9-4-2-3-5-12(9)21(18,19)20/h2-5,7,17H,6H2,1H3,(H,18,19,20). The van der Waals surface area contributed by atoms with Gasteiger partial charge in [0, 0.05) is 0 Å². The molecule has 0 amide bonds. The monoisotopic (exact) mass is 314 g/mol. The van der Waals surface area contributed by atoms with Gasteiger partial charge < -0.3 is 5.11 Å². The van der Waals surface area contributed by atoms with Crippen molar-refractivity contribution in [2.24, 2.45) is 0 Å². The molecule has 112 valence electrons. The number of phenolic OH excluding ortho intramolecular Hbond substituents is 1. The van der Waals surface area contributed by atoms with Crippen molar-refractivity contribution in [1.29, 1.82) is 0 Å². The first-order valence-corrected chi connectivity index (χ1v) is 7.37. The number of halogens is 2. The van der Waals surface area contributed by atoms with Crippen molar-refractivity contribution in [3.63, 3.8) is 0 Å². The lowest BCUT2D eigenvalue weighted by molar-refractivity contribution is 0.393. The first-order valence-electron chi connectivity index (χ1n) is 5.93. The van der Waals surface area contributed by atoms with E-state index >= 15 is 0 Å². The molecule has 0 unspecified atom stereocenters. The van der Waals surface area contributed by atoms with Crippen molar-refractivity contribution in [2.75, 3.05) is 0 Å². The average Bonchev–Trinajstić information content (AvgIpc) is 2.42. The van der Waals surface area contributed by atoms with Crippen molar-refractivity contribution >= 4 is 10.1 Å². The van der Waals surface area contributed by atoms with Crippen LogP contribution in [0.2, 0.25) is 0 Å². The van der Waals surface area contributed by atoms with Gasteiger partial charge in [0.25, 0.3) is 10.1 Å². The van der Waals surface area contributed by atoms with Crippen molar-refractivity contribution < 1.29 is 26.9 Å². The molecule has 0 saturated carbocycles. The molecule has 0 radical (unpaired) electrons. The Bertz CT molecular complexity index is 801. The van der Waals surface area contributed by atoms with Crippen LogP contribution >= 0.6 is 0 Å². The summed E-state index contributed by atoms with van der Waals surface area (Å²) in [6, 6.07) is 6.55. The Balaban J connectivity index is 2.55. The maximum Gasteiger partial charge on any atom is 0.294 e. The minimum atomic E-state index is -4.43. The van der Waals surface area contributed by atoms with Gasteiger partial charge in [-0.1, -0.05) is 18.2 Å². The lowest BCUT2D eigenvalue weighted by atomic mass is 9.99. The fourth-order valence-electron chi connectivity index (χ4n) is 2.04. The van der Waals surface area contributed by atoms with Gasteiger partial charge in [-0.15, -0.1) is 0 Å². The van der Waals surface area contributed by atoms with Gasteiger partial charge in [-0.25, -0.2) is 8.78 Å². The van der Waals surface area contributed by atoms with Gasteiger partial charge in [0.05, 0.1) is 4.90 Å². The Morgan fingerprint density at radius 1 is 1.14 bits per heavy atom. The minimum Gasteiger partial charge on any atom is -0.503 e. The van der Waals surface area contributed by atoms with E-state index in [-0.39, 0.29) is 28.0 Å². The fraction of sp³-hybridized carbons (Fsp3) is 0.143. The normalized spacial score (nSPS) is 11.6. The van der Waals surface area contributed by atoms with Crippen LogP contribution in [0.15, 0.2) is 35.2 Å². The number of hydrogen-bond donors (Lipinski definition) is 2. The summed E-state index contributed by atoms with van der Waals surface area (Å²) in [4.78, 5) is -0.321. The average molecular weight is 314 g/mol. The lowest BCUT2D eigenvalue weighted by Crippen LogP contribution is -2.05. The van der Waals surface area contributed by atoms with E-state index in [4.69, 9.17) is 4.55 Å². The molecular weight excluding hydrogens is 302 g/mol. The van der Waals surface area contributed by atoms with Gasteiger partial charge >= 0.3 is 0 Å². The van der Waals surface area contributed by atoms with E-state index in [9.17, 15) is 22.3 Å². The smallest absolute Gasteiger partial charge is 0.294 e. The second-order valence-electron chi connectivity index (χ2n) is 4.56. The highest BCUT2D eigenvalue weighted by Crippen LogP contribution is 2.28. The summed E-state index contributed by atoms with van der Waals surface area (Å²) in [5, 5.41) is 9.18. The molecule has 0 fully saturated rings. The Hall–Kier alpha value is -1.99. The zero-order chi connectivity index (χ0) is 15.8. The molecule has 0 heterocycles. The second kappa shape index (κ2) is 5.42. The van der Waals surface area contributed by atoms with Crippen LogP contribution in [0, 0.1) is 18.6 Å². The van der Waals surface area contributed by atoms with E-state index in [0.717, 1.165) is 6.07 Å². The molecule has 2 aromatic rings. The van der Waals surface area contributed by atoms with Crippen LogP contribution in [-0.2, 0) is 16.5 Å². The molecule has 2 aromatic carbocycles. The van der Waals surface area contributed by atoms with Crippen molar-refractivity contribution in [3.8, 4) is 5.75 Å². The largest absolute Gasteiger partial charge is 0.503 e. The summed E-state index contributed by atoms with van der Waals surface area (Å²) in [5.74, 6) is -3.29. The SMILES string of the molecule is Cc1c(Cc2ccccc2S(=O)(=O)O)cc(F)c(O)c1F. The van der Waals surface area contributed by atoms with Crippen molar-refractivity contribution in [2.45, 2.75) is 18.2 Å². The van der Waals surface area contributed by atoms with Crippen LogP contribution in [0.25, 0.3) is 0 Å². The highest BCUT2D eigenvalue weighted by Gasteiger charge is 2.19. The molecule has 4 nitrogen and oxygen atoms in total. The second-order valence-corrected chi connectivity index (χ2v) is 5.95. The summed E-state index contributed by atoms with van der Waals surface area (Å²) in [7, 11) is -4.43. The quantitative estimate of drug-likeness (QED) is 0.854. The molecule has 2 N–H and O–H groups in total. The van der Waals surface area contributed by atoms with Gasteiger partial charge in [0.1, 0.15) is 0 Å². The van der Waals surface area contributed by atoms with Gasteiger partial charge in [-0.05, 0) is 42.2 Å². The molecule has 0 bridgehead atoms. The third-order valence-electron chi connectivity index (χ3n) is 3.18. The Morgan fingerprint density at radius 3 is 2.38 bits per heavy atom. The predicted molar refractivity (Wildman–Crippen MR) is 71.8 cm³/mol. The van der Waals surface area contributed by atoms with Crippen LogP contribution in [-0.4, -0.2) is 18.1 Å². The third kappa shape index (κ3) is 3.03. The molecule has 21 heavy (non-hydrogen) atoms. The van der Waals surface area contributed by atoms with Crippen LogP contribution in [0.1, 0.15) is 16.7 Å². The summed E-state index contributed by atoms with van der Waals surface area (Å²) in [5.41, 5.74) is 0.394. The molecule has 0 atom stereocenters. The molecule has 0 aromatic heterocycles. The van der Waals surface area contributed by atoms with E-state index in [1.807, 2.05) is 0 Å². The first-order chi connectivity index (χ1) is 9.71. The van der Waals surface area contributed by atoms with E-state index < -0.39 is 27.5 Å². The number of hydrogen-bond acceptors (Lipinski definition) is 3. The number of rotatable bonds is 3. The van der Waals surface area contributed by atoms with Gasteiger partial charge in [0.15, 0.2) is 17.4 Å². The molecule has 2 rings (SSSR count). The Labute approximate surface area is 120 Å². The third-order valence-corrected chi connectivity index (χ3v) is 4.13. The fourth-order valence-corrected chi connectivity index (χ4v) is 2.77. The highest BCUT2D eigenvalue weighted by atomic mass is 32.2. The first kappa shape index (κ1) is 15.4. The summed E-state index contributed by atoms with van der Waals surface area (Å²) in [6.45, 7) is 1.35. The van der Waals surface area contributed by atoms with Crippen molar-refractivity contribution in [3.05, 3.63) is 58.7 Å². The summed E-state index contributed by atoms with van der Waals surface area (Å²) >= 11 is 0. The molecular formula is C14H12F2O4S.